The van der Waals surface area contributed by atoms with Crippen molar-refractivity contribution in [3.05, 3.63) is 12.7 Å². The fourth-order valence-corrected chi connectivity index (χ4v) is 4.72. The number of nitrogens with zero attached hydrogens (tertiary/aromatic N) is 4. The van der Waals surface area contributed by atoms with E-state index in [2.05, 4.69) is 26.8 Å². The molecule has 0 radical (unpaired) electrons. The average Bonchev–Trinajstić information content (AvgIpc) is 3.15. The van der Waals surface area contributed by atoms with Crippen molar-refractivity contribution in [2.45, 2.75) is 37.4 Å². The molecular formula is C13H21N5O8P2S. The minimum atomic E-state index is -4.19. The summed E-state index contributed by atoms with van der Waals surface area (Å²) in [5, 5.41) is 0. The quantitative estimate of drug-likeness (QED) is 0.321. The van der Waals surface area contributed by atoms with E-state index in [1.54, 1.807) is 4.57 Å². The smallest absolute Gasteiger partial charge is 0.325 e. The van der Waals surface area contributed by atoms with E-state index in [0.29, 0.717) is 11.2 Å². The topological polar surface area (TPSA) is 195 Å². The molecule has 1 saturated heterocycles. The van der Waals surface area contributed by atoms with Crippen molar-refractivity contribution in [1.29, 1.82) is 0 Å². The van der Waals surface area contributed by atoms with E-state index in [1.165, 1.54) is 19.8 Å². The van der Waals surface area contributed by atoms with Gasteiger partial charge < -0.3 is 34.8 Å². The summed E-state index contributed by atoms with van der Waals surface area (Å²) < 4.78 is 29.4. The molecular weight excluding hydrogens is 448 g/mol. The Balaban J connectivity index is 1.91. The molecule has 1 aliphatic heterocycles. The van der Waals surface area contributed by atoms with Crippen LogP contribution in [-0.4, -0.2) is 70.7 Å². The molecule has 0 aliphatic carbocycles. The number of ether oxygens (including phenoxy) is 2. The van der Waals surface area contributed by atoms with Gasteiger partial charge in [-0.25, -0.2) is 15.0 Å². The lowest BCUT2D eigenvalue weighted by Crippen LogP contribution is -2.35. The van der Waals surface area contributed by atoms with Crippen LogP contribution in [0.15, 0.2) is 12.7 Å². The Labute approximate surface area is 170 Å². The highest BCUT2D eigenvalue weighted by atomic mass is 32.5. The molecule has 0 spiro atoms. The van der Waals surface area contributed by atoms with Crippen LogP contribution in [0.4, 0.5) is 5.82 Å². The molecule has 0 bridgehead atoms. The van der Waals surface area contributed by atoms with Gasteiger partial charge in [0.1, 0.15) is 24.1 Å². The molecule has 3 heterocycles. The van der Waals surface area contributed by atoms with Crippen LogP contribution in [0.1, 0.15) is 19.1 Å². The van der Waals surface area contributed by atoms with Crippen LogP contribution in [0, 0.1) is 0 Å². The molecule has 13 nitrogen and oxygen atoms in total. The molecule has 0 unspecified atom stereocenters. The van der Waals surface area contributed by atoms with Gasteiger partial charge in [0.2, 0.25) is 0 Å². The summed E-state index contributed by atoms with van der Waals surface area (Å²) in [6.45, 7) is -4.08. The highest BCUT2D eigenvalue weighted by molar-refractivity contribution is 8.06. The molecule has 16 heteroatoms. The largest absolute Gasteiger partial charge is 0.382 e. The normalized spacial score (nSPS) is 25.7. The molecule has 0 saturated carbocycles. The number of anilines is 1. The van der Waals surface area contributed by atoms with E-state index in [4.69, 9.17) is 29.5 Å². The second-order valence-electron chi connectivity index (χ2n) is 6.44. The molecule has 2 aromatic rings. The second kappa shape index (κ2) is 8.60. The number of fused-ring (bicyclic) bond motifs is 1. The lowest BCUT2D eigenvalue weighted by atomic mass is 10.1. The van der Waals surface area contributed by atoms with Crippen LogP contribution in [0.5, 0.6) is 0 Å². The lowest BCUT2D eigenvalue weighted by molar-refractivity contribution is -0.0501. The zero-order valence-electron chi connectivity index (χ0n) is 15.2. The summed E-state index contributed by atoms with van der Waals surface area (Å²) in [7, 11) is -2.81. The third-order valence-corrected chi connectivity index (χ3v) is 6.09. The number of aromatic nitrogens is 4. The van der Waals surface area contributed by atoms with Crippen LogP contribution in [0.2, 0.25) is 0 Å². The number of imidazole rings is 1. The zero-order chi connectivity index (χ0) is 21.4. The zero-order valence-corrected chi connectivity index (χ0v) is 17.8. The molecule has 4 atom stereocenters. The Kier molecular flexibility index (Phi) is 6.71. The molecule has 0 amide bonds. The number of hydrogen-bond acceptors (Lipinski definition) is 9. The second-order valence-corrected chi connectivity index (χ2v) is 10.8. The minimum absolute atomic E-state index is 0.109. The molecule has 6 N–H and O–H groups in total. The van der Waals surface area contributed by atoms with Crippen molar-refractivity contribution in [3.63, 3.8) is 0 Å². The maximum Gasteiger partial charge on any atom is 0.325 e. The van der Waals surface area contributed by atoms with Gasteiger partial charge in [-0.3, -0.25) is 13.7 Å². The maximum absolute atomic E-state index is 11.1. The first-order valence-electron chi connectivity index (χ1n) is 8.40. The van der Waals surface area contributed by atoms with Crippen LogP contribution < -0.4 is 5.73 Å². The fraction of sp³-hybridized carbons (Fsp3) is 0.615. The monoisotopic (exact) mass is 469 g/mol. The van der Waals surface area contributed by atoms with Gasteiger partial charge in [-0.15, -0.1) is 0 Å². The highest BCUT2D eigenvalue weighted by Gasteiger charge is 2.48. The first-order chi connectivity index (χ1) is 13.5. The number of hydrogen-bond donors (Lipinski definition) is 5. The fourth-order valence-electron chi connectivity index (χ4n) is 3.26. The van der Waals surface area contributed by atoms with Crippen molar-refractivity contribution in [2.75, 3.05) is 19.0 Å². The summed E-state index contributed by atoms with van der Waals surface area (Å²) in [5.41, 5.74) is 6.52. The average molecular weight is 469 g/mol. The SMILES string of the molecule is CO[C@@H]1[C@H](OP(O)(O)=S)[C@@H](CCCP(=O)(O)O)O[C@H]1n1cnc2c(N)ncnc21. The Bertz CT molecular complexity index is 964. The molecule has 1 aliphatic rings. The molecule has 29 heavy (non-hydrogen) atoms. The number of nitrogen functional groups attached to an aromatic ring is 1. The lowest BCUT2D eigenvalue weighted by Gasteiger charge is -2.25. The van der Waals surface area contributed by atoms with E-state index in [1.807, 2.05) is 0 Å². The van der Waals surface area contributed by atoms with E-state index >= 15 is 0 Å². The van der Waals surface area contributed by atoms with E-state index in [0.717, 1.165) is 0 Å². The number of methoxy groups -OCH3 is 1. The van der Waals surface area contributed by atoms with Crippen molar-refractivity contribution in [1.82, 2.24) is 19.5 Å². The highest BCUT2D eigenvalue weighted by Crippen LogP contribution is 2.46. The van der Waals surface area contributed by atoms with E-state index in [-0.39, 0.29) is 24.8 Å². The Morgan fingerprint density at radius 2 is 2.00 bits per heavy atom. The molecule has 162 valence electrons. The predicted molar refractivity (Wildman–Crippen MR) is 104 cm³/mol. The molecule has 0 aromatic carbocycles. The van der Waals surface area contributed by atoms with Gasteiger partial charge in [0.15, 0.2) is 17.7 Å². The number of nitrogens with two attached hydrogens (primary N) is 1. The van der Waals surface area contributed by atoms with Gasteiger partial charge in [0.05, 0.1) is 12.4 Å². The van der Waals surface area contributed by atoms with E-state index in [9.17, 15) is 14.4 Å². The molecule has 3 rings (SSSR count). The van der Waals surface area contributed by atoms with Crippen LogP contribution in [-0.2, 0) is 30.4 Å². The van der Waals surface area contributed by atoms with Gasteiger partial charge in [-0.05, 0) is 24.6 Å². The summed E-state index contributed by atoms with van der Waals surface area (Å²) in [6, 6.07) is 0. The minimum Gasteiger partial charge on any atom is -0.382 e. The van der Waals surface area contributed by atoms with Gasteiger partial charge >= 0.3 is 14.3 Å². The van der Waals surface area contributed by atoms with E-state index < -0.39 is 38.9 Å². The van der Waals surface area contributed by atoms with Crippen molar-refractivity contribution in [3.8, 4) is 0 Å². The van der Waals surface area contributed by atoms with Crippen molar-refractivity contribution >= 4 is 43.1 Å². The summed E-state index contributed by atoms with van der Waals surface area (Å²) >= 11 is 4.59. The van der Waals surface area contributed by atoms with Gasteiger partial charge in [-0.2, -0.15) is 0 Å². The Morgan fingerprint density at radius 1 is 1.28 bits per heavy atom. The Morgan fingerprint density at radius 3 is 2.62 bits per heavy atom. The van der Waals surface area contributed by atoms with Crippen LogP contribution in [0.3, 0.4) is 0 Å². The van der Waals surface area contributed by atoms with Gasteiger partial charge in [0, 0.05) is 13.3 Å². The number of rotatable bonds is 8. The predicted octanol–water partition coefficient (Wildman–Crippen LogP) is -0.127. The van der Waals surface area contributed by atoms with Crippen molar-refractivity contribution in [2.24, 2.45) is 0 Å². The summed E-state index contributed by atoms with van der Waals surface area (Å²) in [4.78, 5) is 49.7. The first-order valence-corrected chi connectivity index (χ1v) is 12.8. The summed E-state index contributed by atoms with van der Waals surface area (Å²) in [5.74, 6) is 0.174. The third kappa shape index (κ3) is 5.36. The van der Waals surface area contributed by atoms with Crippen LogP contribution in [0.25, 0.3) is 11.2 Å². The third-order valence-electron chi connectivity index (χ3n) is 4.42. The van der Waals surface area contributed by atoms with Crippen molar-refractivity contribution < 1.29 is 38.1 Å². The maximum atomic E-state index is 11.1. The van der Waals surface area contributed by atoms with Crippen LogP contribution >= 0.6 is 14.3 Å². The molecule has 1 fully saturated rings. The Hall–Kier alpha value is -1.05. The standard InChI is InChI=1S/C13H21N5O8P2S/c1-24-10-9(26-28(22,23)29)7(3-2-4-27(19,20)21)25-13(10)18-6-17-8-11(14)15-5-16-12(8)18/h5-7,9-10,13H,2-4H2,1H3,(H2,14,15,16)(H2,19,20,21)(H2,22,23,29)/t7-,9-,10-,13-/m1/s1. The van der Waals surface area contributed by atoms with Gasteiger partial charge in [0.25, 0.3) is 0 Å². The summed E-state index contributed by atoms with van der Waals surface area (Å²) in [6.07, 6.45) is -0.867. The molecule has 2 aromatic heterocycles. The van der Waals surface area contributed by atoms with Gasteiger partial charge in [-0.1, -0.05) is 0 Å². The first kappa shape index (κ1) is 22.6.